The predicted octanol–water partition coefficient (Wildman–Crippen LogP) is -0.833. The van der Waals surface area contributed by atoms with Crippen LogP contribution in [-0.4, -0.2) is 34.3 Å². The van der Waals surface area contributed by atoms with Gasteiger partial charge in [-0.05, 0) is 22.1 Å². The summed E-state index contributed by atoms with van der Waals surface area (Å²) >= 11 is 0. The summed E-state index contributed by atoms with van der Waals surface area (Å²) < 4.78 is 29.0. The van der Waals surface area contributed by atoms with E-state index in [0.29, 0.717) is 11.1 Å². The number of rotatable bonds is 2. The number of hydrogen-bond acceptors (Lipinski definition) is 4. The van der Waals surface area contributed by atoms with Gasteiger partial charge in [-0.2, -0.15) is 8.78 Å². The van der Waals surface area contributed by atoms with Gasteiger partial charge in [0.1, 0.15) is 0 Å². The van der Waals surface area contributed by atoms with E-state index in [0.717, 1.165) is 12.1 Å². The molecule has 0 aromatic heterocycles. The van der Waals surface area contributed by atoms with Crippen LogP contribution in [0.15, 0.2) is 36.4 Å². The fraction of sp³-hybridized carbons (Fsp3) is 0.0769. The molecule has 3 rings (SSSR count). The number of halogens is 2. The highest BCUT2D eigenvalue weighted by atomic mass is 19.3. The van der Waals surface area contributed by atoms with Crippen LogP contribution < -0.4 is 10.9 Å². The molecule has 0 spiro atoms. The van der Waals surface area contributed by atoms with Gasteiger partial charge >= 0.3 is 14.2 Å². The molecule has 21 heavy (non-hydrogen) atoms. The van der Waals surface area contributed by atoms with Crippen molar-refractivity contribution in [3.63, 3.8) is 0 Å². The molecule has 0 fully saturated rings. The van der Waals surface area contributed by atoms with Gasteiger partial charge in [-0.1, -0.05) is 36.4 Å². The summed E-state index contributed by atoms with van der Waals surface area (Å²) in [5, 5.41) is 36.4. The summed E-state index contributed by atoms with van der Waals surface area (Å²) in [5.74, 6) is -3.33. The standard InChI is InChI=1S/C13H10B2F2O4/c16-13(17)11-5-7(14(18)19)1-3-9(11)10-4-2-8(15(20)21)6-12(10)13/h1-6,18-21H. The van der Waals surface area contributed by atoms with Gasteiger partial charge in [0.05, 0.1) is 0 Å². The number of alkyl halides is 2. The largest absolute Gasteiger partial charge is 0.488 e. The molecule has 0 saturated carbocycles. The quantitative estimate of drug-likeness (QED) is 0.544. The second kappa shape index (κ2) is 4.64. The summed E-state index contributed by atoms with van der Waals surface area (Å²) in [5.41, 5.74) is -0.121. The highest BCUT2D eigenvalue weighted by molar-refractivity contribution is 6.59. The molecule has 0 atom stereocenters. The summed E-state index contributed by atoms with van der Waals surface area (Å²) in [6.07, 6.45) is 0. The molecule has 4 N–H and O–H groups in total. The van der Waals surface area contributed by atoms with E-state index in [2.05, 4.69) is 0 Å². The molecule has 106 valence electrons. The van der Waals surface area contributed by atoms with E-state index >= 15 is 0 Å². The van der Waals surface area contributed by atoms with Crippen molar-refractivity contribution in [3.8, 4) is 11.1 Å². The fourth-order valence-electron chi connectivity index (χ4n) is 2.58. The smallest absolute Gasteiger partial charge is 0.423 e. The molecule has 0 unspecified atom stereocenters. The van der Waals surface area contributed by atoms with Crippen LogP contribution in [0.5, 0.6) is 0 Å². The first kappa shape index (κ1) is 14.2. The Hall–Kier alpha value is -1.73. The van der Waals surface area contributed by atoms with Gasteiger partial charge in [0.25, 0.3) is 5.92 Å². The van der Waals surface area contributed by atoms with Gasteiger partial charge in [-0.15, -0.1) is 0 Å². The van der Waals surface area contributed by atoms with Crippen molar-refractivity contribution in [2.75, 3.05) is 0 Å². The van der Waals surface area contributed by atoms with Crippen molar-refractivity contribution in [2.24, 2.45) is 0 Å². The Bertz CT molecular complexity index is 660. The van der Waals surface area contributed by atoms with Crippen molar-refractivity contribution in [2.45, 2.75) is 5.92 Å². The second-order valence-electron chi connectivity index (χ2n) is 4.93. The maximum Gasteiger partial charge on any atom is 0.488 e. The van der Waals surface area contributed by atoms with E-state index in [9.17, 15) is 8.78 Å². The first-order valence-corrected chi connectivity index (χ1v) is 6.21. The maximum atomic E-state index is 14.5. The van der Waals surface area contributed by atoms with Gasteiger partial charge in [-0.3, -0.25) is 0 Å². The van der Waals surface area contributed by atoms with Crippen LogP contribution in [-0.2, 0) is 5.92 Å². The average Bonchev–Trinajstić information content (AvgIpc) is 2.67. The number of fused-ring (bicyclic) bond motifs is 3. The van der Waals surface area contributed by atoms with E-state index in [-0.39, 0.29) is 22.1 Å². The Balaban J connectivity index is 2.22. The molecule has 2 aromatic carbocycles. The van der Waals surface area contributed by atoms with Gasteiger partial charge in [0, 0.05) is 11.1 Å². The Kier molecular flexibility index (Phi) is 3.14. The molecule has 1 aliphatic carbocycles. The molecule has 8 heteroatoms. The Morgan fingerprint density at radius 3 is 1.43 bits per heavy atom. The van der Waals surface area contributed by atoms with Crippen molar-refractivity contribution >= 4 is 25.2 Å². The number of benzene rings is 2. The average molecular weight is 290 g/mol. The van der Waals surface area contributed by atoms with Crippen LogP contribution >= 0.6 is 0 Å². The van der Waals surface area contributed by atoms with Crippen molar-refractivity contribution in [1.82, 2.24) is 0 Å². The van der Waals surface area contributed by atoms with Crippen LogP contribution in [0.25, 0.3) is 11.1 Å². The lowest BCUT2D eigenvalue weighted by Crippen LogP contribution is -2.31. The molecule has 0 amide bonds. The zero-order chi connectivity index (χ0) is 15.4. The van der Waals surface area contributed by atoms with Crippen molar-refractivity contribution in [1.29, 1.82) is 0 Å². The van der Waals surface area contributed by atoms with E-state index < -0.39 is 20.2 Å². The summed E-state index contributed by atoms with van der Waals surface area (Å²) in [4.78, 5) is 0. The van der Waals surface area contributed by atoms with E-state index in [1.54, 1.807) is 0 Å². The number of hydrogen-bond donors (Lipinski definition) is 4. The molecule has 0 radical (unpaired) electrons. The lowest BCUT2D eigenvalue weighted by atomic mass is 9.78. The highest BCUT2D eigenvalue weighted by Crippen LogP contribution is 2.50. The van der Waals surface area contributed by atoms with Crippen LogP contribution in [0.2, 0.25) is 0 Å². The third-order valence-corrected chi connectivity index (χ3v) is 3.65. The summed E-state index contributed by atoms with van der Waals surface area (Å²) in [6.45, 7) is 0. The molecular formula is C13H10B2F2O4. The first-order valence-electron chi connectivity index (χ1n) is 6.21. The van der Waals surface area contributed by atoms with E-state index in [1.807, 2.05) is 0 Å². The molecule has 0 bridgehead atoms. The van der Waals surface area contributed by atoms with Gasteiger partial charge in [-0.25, -0.2) is 0 Å². The minimum absolute atomic E-state index is 0.0244. The normalized spacial score (nSPS) is 14.6. The fourth-order valence-corrected chi connectivity index (χ4v) is 2.58. The Morgan fingerprint density at radius 1 is 0.714 bits per heavy atom. The molecule has 4 nitrogen and oxygen atoms in total. The zero-order valence-corrected chi connectivity index (χ0v) is 10.7. The van der Waals surface area contributed by atoms with Crippen LogP contribution in [0.1, 0.15) is 11.1 Å². The minimum Gasteiger partial charge on any atom is -0.423 e. The summed E-state index contributed by atoms with van der Waals surface area (Å²) in [6, 6.07) is 7.63. The van der Waals surface area contributed by atoms with Gasteiger partial charge in [0.2, 0.25) is 0 Å². The minimum atomic E-state index is -3.33. The second-order valence-corrected chi connectivity index (χ2v) is 4.93. The lowest BCUT2D eigenvalue weighted by molar-refractivity contribution is 0.0481. The van der Waals surface area contributed by atoms with E-state index in [1.165, 1.54) is 24.3 Å². The molecular weight excluding hydrogens is 280 g/mol. The van der Waals surface area contributed by atoms with Gasteiger partial charge in [0.15, 0.2) is 0 Å². The molecule has 2 aromatic rings. The third-order valence-electron chi connectivity index (χ3n) is 3.65. The maximum absolute atomic E-state index is 14.5. The molecule has 1 aliphatic rings. The molecule has 0 aliphatic heterocycles. The topological polar surface area (TPSA) is 80.9 Å². The van der Waals surface area contributed by atoms with Crippen molar-refractivity contribution in [3.05, 3.63) is 47.5 Å². The first-order chi connectivity index (χ1) is 9.82. The monoisotopic (exact) mass is 290 g/mol. The highest BCUT2D eigenvalue weighted by Gasteiger charge is 2.45. The van der Waals surface area contributed by atoms with E-state index in [4.69, 9.17) is 20.1 Å². The zero-order valence-electron chi connectivity index (χ0n) is 10.7. The summed E-state index contributed by atoms with van der Waals surface area (Å²) in [7, 11) is -3.66. The lowest BCUT2D eigenvalue weighted by Gasteiger charge is -2.13. The third kappa shape index (κ3) is 2.08. The van der Waals surface area contributed by atoms with Gasteiger partial charge < -0.3 is 20.1 Å². The van der Waals surface area contributed by atoms with Crippen LogP contribution in [0, 0.1) is 0 Å². The van der Waals surface area contributed by atoms with Crippen LogP contribution in [0.4, 0.5) is 8.78 Å². The Morgan fingerprint density at radius 2 is 1.10 bits per heavy atom. The Labute approximate surface area is 119 Å². The SMILES string of the molecule is OB(O)c1ccc2c(c1)C(F)(F)c1cc(B(O)O)ccc1-2. The molecule has 0 heterocycles. The van der Waals surface area contributed by atoms with Crippen LogP contribution in [0.3, 0.4) is 0 Å². The van der Waals surface area contributed by atoms with Crippen molar-refractivity contribution < 1.29 is 28.9 Å². The molecule has 0 saturated heterocycles. The predicted molar refractivity (Wildman–Crippen MR) is 74.5 cm³/mol.